The number of hydrogen-bond acceptors (Lipinski definition) is 4. The van der Waals surface area contributed by atoms with E-state index in [1.165, 1.54) is 5.57 Å². The smallest absolute Gasteiger partial charge is 0.269 e. The van der Waals surface area contributed by atoms with E-state index >= 15 is 0 Å². The van der Waals surface area contributed by atoms with Crippen molar-refractivity contribution in [2.24, 2.45) is 7.05 Å². The molecule has 0 bridgehead atoms. The van der Waals surface area contributed by atoms with Crippen LogP contribution in [0.3, 0.4) is 0 Å². The topological polar surface area (TPSA) is 81.2 Å². The number of ether oxygens (including phenoxy) is 2. The van der Waals surface area contributed by atoms with Crippen LogP contribution in [0.25, 0.3) is 11.4 Å². The summed E-state index contributed by atoms with van der Waals surface area (Å²) in [6.07, 6.45) is 4.69. The van der Waals surface area contributed by atoms with Crippen molar-refractivity contribution in [1.82, 2.24) is 20.1 Å². The lowest BCUT2D eigenvalue weighted by atomic mass is 10.1. The van der Waals surface area contributed by atoms with Gasteiger partial charge in [0.15, 0.2) is 0 Å². The van der Waals surface area contributed by atoms with Crippen LogP contribution < -0.4 is 5.32 Å². The number of amides is 1. The predicted molar refractivity (Wildman–Crippen MR) is 98.9 cm³/mol. The number of aromatic amines is 1. The molecule has 1 aliphatic heterocycles. The van der Waals surface area contributed by atoms with Gasteiger partial charge in [-0.1, -0.05) is 11.6 Å². The molecule has 0 saturated carbocycles. The molecule has 3 heterocycles. The molecule has 2 atom stereocenters. The van der Waals surface area contributed by atoms with Crippen molar-refractivity contribution in [3.05, 3.63) is 41.7 Å². The predicted octanol–water partition coefficient (Wildman–Crippen LogP) is 2.29. The zero-order valence-electron chi connectivity index (χ0n) is 15.5. The Bertz CT molecular complexity index is 773. The fraction of sp³-hybridized carbons (Fsp3) is 0.474. The Morgan fingerprint density at radius 3 is 3.12 bits per heavy atom. The summed E-state index contributed by atoms with van der Waals surface area (Å²) in [6, 6.07) is 5.48. The Kier molecular flexibility index (Phi) is 5.90. The van der Waals surface area contributed by atoms with Crippen molar-refractivity contribution >= 4 is 5.91 Å². The van der Waals surface area contributed by atoms with Crippen LogP contribution in [0.15, 0.2) is 36.0 Å². The lowest BCUT2D eigenvalue weighted by Gasteiger charge is -2.31. The molecule has 1 saturated heterocycles. The summed E-state index contributed by atoms with van der Waals surface area (Å²) in [6.45, 7) is 5.71. The monoisotopic (exact) mass is 358 g/mol. The summed E-state index contributed by atoms with van der Waals surface area (Å²) in [4.78, 5) is 12.6. The van der Waals surface area contributed by atoms with E-state index in [-0.39, 0.29) is 18.1 Å². The molecule has 0 radical (unpaired) electrons. The molecule has 0 aromatic carbocycles. The van der Waals surface area contributed by atoms with Crippen LogP contribution in [0.4, 0.5) is 0 Å². The van der Waals surface area contributed by atoms with Gasteiger partial charge in [0.1, 0.15) is 11.4 Å². The lowest BCUT2D eigenvalue weighted by molar-refractivity contribution is -0.0457. The number of aromatic nitrogens is 3. The highest BCUT2D eigenvalue weighted by atomic mass is 16.5. The summed E-state index contributed by atoms with van der Waals surface area (Å²) < 4.78 is 13.4. The molecule has 7 heteroatoms. The number of nitrogens with one attached hydrogen (secondary N) is 2. The highest BCUT2D eigenvalue weighted by Gasteiger charge is 2.28. The second-order valence-corrected chi connectivity index (χ2v) is 6.77. The normalized spacial score (nSPS) is 20.0. The minimum Gasteiger partial charge on any atom is -0.379 e. The zero-order valence-corrected chi connectivity index (χ0v) is 15.5. The first-order chi connectivity index (χ1) is 12.5. The molecule has 0 spiro atoms. The maximum atomic E-state index is 12.6. The average Bonchev–Trinajstić information content (AvgIpc) is 3.24. The van der Waals surface area contributed by atoms with Gasteiger partial charge in [0.05, 0.1) is 31.1 Å². The fourth-order valence-electron chi connectivity index (χ4n) is 2.93. The number of H-pyrrole nitrogens is 1. The van der Waals surface area contributed by atoms with E-state index in [2.05, 4.69) is 15.5 Å². The third-order valence-electron chi connectivity index (χ3n) is 4.44. The lowest BCUT2D eigenvalue weighted by Crippen LogP contribution is -2.50. The first kappa shape index (κ1) is 18.4. The summed E-state index contributed by atoms with van der Waals surface area (Å²) in [7, 11) is 1.94. The molecule has 0 unspecified atom stereocenters. The highest BCUT2D eigenvalue weighted by molar-refractivity contribution is 5.93. The van der Waals surface area contributed by atoms with Crippen LogP contribution >= 0.6 is 0 Å². The van der Waals surface area contributed by atoms with Gasteiger partial charge in [-0.25, -0.2) is 0 Å². The minimum atomic E-state index is -0.204. The van der Waals surface area contributed by atoms with Gasteiger partial charge in [-0.15, -0.1) is 0 Å². The van der Waals surface area contributed by atoms with Gasteiger partial charge < -0.3 is 19.4 Å². The first-order valence-corrected chi connectivity index (χ1v) is 8.85. The first-order valence-electron chi connectivity index (χ1n) is 8.85. The molecule has 140 valence electrons. The molecule has 2 aromatic rings. The molecule has 3 rings (SSSR count). The SMILES string of the molecule is CC(C)=CCO[C@H]1CCOC[C@H]1NC(=O)c1cc(-c2cccn2C)n[nH]1. The Morgan fingerprint density at radius 1 is 1.54 bits per heavy atom. The molecule has 2 N–H and O–H groups in total. The molecule has 26 heavy (non-hydrogen) atoms. The minimum absolute atomic E-state index is 0.0569. The van der Waals surface area contributed by atoms with Gasteiger partial charge in [0, 0.05) is 19.9 Å². The van der Waals surface area contributed by atoms with E-state index < -0.39 is 0 Å². The molecule has 0 aliphatic carbocycles. The second kappa shape index (κ2) is 8.33. The van der Waals surface area contributed by atoms with E-state index in [4.69, 9.17) is 9.47 Å². The number of allylic oxidation sites excluding steroid dienone is 1. The van der Waals surface area contributed by atoms with Crippen molar-refractivity contribution in [3.63, 3.8) is 0 Å². The molecule has 1 fully saturated rings. The number of nitrogens with zero attached hydrogens (tertiary/aromatic N) is 2. The quantitative estimate of drug-likeness (QED) is 0.777. The van der Waals surface area contributed by atoms with Crippen molar-refractivity contribution < 1.29 is 14.3 Å². The third-order valence-corrected chi connectivity index (χ3v) is 4.44. The molecule has 7 nitrogen and oxygen atoms in total. The van der Waals surface area contributed by atoms with Crippen LogP contribution in [0.1, 0.15) is 30.8 Å². The molecule has 2 aromatic heterocycles. The van der Waals surface area contributed by atoms with Crippen LogP contribution in [-0.4, -0.2) is 52.6 Å². The van der Waals surface area contributed by atoms with E-state index in [0.717, 1.165) is 17.8 Å². The van der Waals surface area contributed by atoms with E-state index in [1.54, 1.807) is 6.07 Å². The van der Waals surface area contributed by atoms with Crippen molar-refractivity contribution in [2.45, 2.75) is 32.4 Å². The van der Waals surface area contributed by atoms with Crippen molar-refractivity contribution in [2.75, 3.05) is 19.8 Å². The number of carbonyl (C=O) groups is 1. The molecule has 1 aliphatic rings. The highest BCUT2D eigenvalue weighted by Crippen LogP contribution is 2.18. The zero-order chi connectivity index (χ0) is 18.5. The maximum absolute atomic E-state index is 12.6. The van der Waals surface area contributed by atoms with Gasteiger partial charge in [0.2, 0.25) is 0 Å². The fourth-order valence-corrected chi connectivity index (χ4v) is 2.93. The van der Waals surface area contributed by atoms with Gasteiger partial charge >= 0.3 is 0 Å². The molecular weight excluding hydrogens is 332 g/mol. The summed E-state index contributed by atoms with van der Waals surface area (Å²) >= 11 is 0. The Labute approximate surface area is 153 Å². The van der Waals surface area contributed by atoms with Crippen LogP contribution in [0.5, 0.6) is 0 Å². The largest absolute Gasteiger partial charge is 0.379 e. The van der Waals surface area contributed by atoms with Crippen LogP contribution in [0.2, 0.25) is 0 Å². The van der Waals surface area contributed by atoms with Crippen LogP contribution in [0, 0.1) is 0 Å². The van der Waals surface area contributed by atoms with E-state index in [1.807, 2.05) is 49.9 Å². The summed E-state index contributed by atoms with van der Waals surface area (Å²) in [5.74, 6) is -0.204. The van der Waals surface area contributed by atoms with Crippen LogP contribution in [-0.2, 0) is 16.5 Å². The standard InChI is InChI=1S/C19H26N4O3/c1-13(2)6-10-26-18-7-9-25-12-16(18)20-19(24)15-11-14(21-22-15)17-5-4-8-23(17)3/h4-6,8,11,16,18H,7,9-10,12H2,1-3H3,(H,20,24)(H,21,22)/t16-,18+/m1/s1. The van der Waals surface area contributed by atoms with E-state index in [9.17, 15) is 4.79 Å². The molecular formula is C19H26N4O3. The second-order valence-electron chi connectivity index (χ2n) is 6.77. The Morgan fingerprint density at radius 2 is 2.38 bits per heavy atom. The number of hydrogen-bond donors (Lipinski definition) is 2. The number of carbonyl (C=O) groups excluding carboxylic acids is 1. The van der Waals surface area contributed by atoms with E-state index in [0.29, 0.717) is 25.5 Å². The Hall–Kier alpha value is -2.38. The molecule has 1 amide bonds. The number of rotatable bonds is 6. The van der Waals surface area contributed by atoms with Gasteiger partial charge in [-0.3, -0.25) is 9.89 Å². The Balaban J connectivity index is 1.63. The number of aryl methyl sites for hydroxylation is 1. The third kappa shape index (κ3) is 4.42. The maximum Gasteiger partial charge on any atom is 0.269 e. The van der Waals surface area contributed by atoms with Crippen molar-refractivity contribution in [1.29, 1.82) is 0 Å². The average molecular weight is 358 g/mol. The summed E-state index contributed by atoms with van der Waals surface area (Å²) in [5.41, 5.74) is 3.32. The summed E-state index contributed by atoms with van der Waals surface area (Å²) in [5, 5.41) is 10.1. The van der Waals surface area contributed by atoms with Crippen molar-refractivity contribution in [3.8, 4) is 11.4 Å². The van der Waals surface area contributed by atoms with Gasteiger partial charge in [-0.05, 0) is 38.5 Å². The van der Waals surface area contributed by atoms with Gasteiger partial charge in [0.25, 0.3) is 5.91 Å². The van der Waals surface area contributed by atoms with Gasteiger partial charge in [-0.2, -0.15) is 5.10 Å².